The van der Waals surface area contributed by atoms with Gasteiger partial charge in [0.1, 0.15) is 6.29 Å². The zero-order chi connectivity index (χ0) is 14.4. The van der Waals surface area contributed by atoms with Crippen LogP contribution < -0.4 is 0 Å². The van der Waals surface area contributed by atoms with Crippen LogP contribution in [-0.2, 0) is 0 Å². The van der Waals surface area contributed by atoms with Gasteiger partial charge in [-0.3, -0.25) is 4.79 Å². The van der Waals surface area contributed by atoms with Crippen molar-refractivity contribution in [2.75, 3.05) is 0 Å². The predicted octanol–water partition coefficient (Wildman–Crippen LogP) is 4.68. The molecule has 2 fully saturated rings. The Balaban J connectivity index is 1.59. The highest BCUT2D eigenvalue weighted by Gasteiger charge is 2.60. The largest absolute Gasteiger partial charge is 0.298 e. The molecule has 0 heterocycles. The second-order valence-electron chi connectivity index (χ2n) is 7.72. The highest BCUT2D eigenvalue weighted by Crippen LogP contribution is 2.70. The predicted molar refractivity (Wildman–Crippen MR) is 87.2 cm³/mol. The fourth-order valence-electron chi connectivity index (χ4n) is 6.46. The minimum Gasteiger partial charge on any atom is -0.298 e. The maximum absolute atomic E-state index is 11.0. The minimum atomic E-state index is 0.760. The maximum atomic E-state index is 11.0. The number of benzene rings is 2. The quantitative estimate of drug-likeness (QED) is 0.423. The lowest BCUT2D eigenvalue weighted by Crippen LogP contribution is -2.25. The second-order valence-corrected chi connectivity index (χ2v) is 7.72. The summed E-state index contributed by atoms with van der Waals surface area (Å²) in [6.07, 6.45) is 8.73. The molecule has 2 aromatic carbocycles. The van der Waals surface area contributed by atoms with Crippen LogP contribution in [0.2, 0.25) is 0 Å². The van der Waals surface area contributed by atoms with Gasteiger partial charge in [0.2, 0.25) is 0 Å². The van der Waals surface area contributed by atoms with Crippen LogP contribution in [0.4, 0.5) is 0 Å². The molecule has 6 unspecified atom stereocenters. The summed E-state index contributed by atoms with van der Waals surface area (Å²) in [6.45, 7) is 0. The first-order chi connectivity index (χ1) is 10.8. The third-order valence-corrected chi connectivity index (χ3v) is 7.05. The number of hydrogen-bond donors (Lipinski definition) is 0. The Morgan fingerprint density at radius 2 is 1.73 bits per heavy atom. The van der Waals surface area contributed by atoms with Crippen LogP contribution >= 0.6 is 0 Å². The van der Waals surface area contributed by atoms with E-state index in [1.165, 1.54) is 23.6 Å². The van der Waals surface area contributed by atoms with E-state index in [4.69, 9.17) is 0 Å². The van der Waals surface area contributed by atoms with Crippen molar-refractivity contribution in [3.63, 3.8) is 0 Å². The van der Waals surface area contributed by atoms with Crippen LogP contribution in [0.5, 0.6) is 0 Å². The maximum Gasteiger partial charge on any atom is 0.150 e. The Kier molecular flexibility index (Phi) is 1.96. The fourth-order valence-corrected chi connectivity index (χ4v) is 6.46. The van der Waals surface area contributed by atoms with E-state index in [9.17, 15) is 4.79 Å². The molecule has 6 atom stereocenters. The normalized spacial score (nSPS) is 39.5. The second kappa shape index (κ2) is 3.71. The van der Waals surface area contributed by atoms with Crippen molar-refractivity contribution in [1.29, 1.82) is 0 Å². The van der Waals surface area contributed by atoms with Gasteiger partial charge in [0.05, 0.1) is 0 Å². The highest BCUT2D eigenvalue weighted by molar-refractivity contribution is 5.92. The van der Waals surface area contributed by atoms with Crippen molar-refractivity contribution in [2.24, 2.45) is 23.7 Å². The Hall–Kier alpha value is -1.89. The third kappa shape index (κ3) is 1.18. The molecule has 0 aromatic heterocycles. The monoisotopic (exact) mass is 286 g/mol. The van der Waals surface area contributed by atoms with Gasteiger partial charge in [-0.15, -0.1) is 0 Å². The SMILES string of the molecule is O=Cc1ccc2c3c(ccc2c1)C1CC3C2C3C=CC(C3)C12. The van der Waals surface area contributed by atoms with Crippen molar-refractivity contribution >= 4 is 17.1 Å². The van der Waals surface area contributed by atoms with Crippen LogP contribution in [0.3, 0.4) is 0 Å². The summed E-state index contributed by atoms with van der Waals surface area (Å²) >= 11 is 0. The first kappa shape index (κ1) is 11.6. The van der Waals surface area contributed by atoms with Gasteiger partial charge in [-0.2, -0.15) is 0 Å². The number of aldehydes is 1. The highest BCUT2D eigenvalue weighted by atomic mass is 16.1. The van der Waals surface area contributed by atoms with E-state index in [1.807, 2.05) is 12.1 Å². The molecule has 0 N–H and O–H groups in total. The summed E-state index contributed by atoms with van der Waals surface area (Å²) in [5, 5.41) is 2.65. The van der Waals surface area contributed by atoms with Gasteiger partial charge in [-0.25, -0.2) is 0 Å². The molecule has 0 radical (unpaired) electrons. The van der Waals surface area contributed by atoms with E-state index in [0.29, 0.717) is 0 Å². The standard InChI is InChI=1S/C21H18O/c22-10-11-1-5-15-12(7-11)4-6-16-17-9-18(21(15)16)20-14-3-2-13(8-14)19(17)20/h1-7,10,13-14,17-20H,8-9H2. The van der Waals surface area contributed by atoms with Gasteiger partial charge in [0, 0.05) is 5.56 Å². The molecule has 108 valence electrons. The van der Waals surface area contributed by atoms with Crippen LogP contribution in [0.25, 0.3) is 10.8 Å². The van der Waals surface area contributed by atoms with Crippen LogP contribution in [0.1, 0.15) is 46.2 Å². The Morgan fingerprint density at radius 1 is 0.909 bits per heavy atom. The molecule has 0 spiro atoms. The first-order valence-electron chi connectivity index (χ1n) is 8.55. The molecule has 1 nitrogen and oxygen atoms in total. The molecule has 4 aliphatic rings. The number of fused-ring (bicyclic) bond motifs is 14. The molecule has 4 aliphatic carbocycles. The van der Waals surface area contributed by atoms with E-state index < -0.39 is 0 Å². The lowest BCUT2D eigenvalue weighted by Gasteiger charge is -2.34. The van der Waals surface area contributed by atoms with Gasteiger partial charge in [-0.05, 0) is 76.3 Å². The minimum absolute atomic E-state index is 0.760. The number of rotatable bonds is 1. The molecular weight excluding hydrogens is 268 g/mol. The van der Waals surface area contributed by atoms with Gasteiger partial charge < -0.3 is 0 Å². The number of hydrogen-bond acceptors (Lipinski definition) is 1. The molecule has 0 aliphatic heterocycles. The van der Waals surface area contributed by atoms with Crippen molar-refractivity contribution < 1.29 is 4.79 Å². The average Bonchev–Trinajstić information content (AvgIpc) is 3.31. The fraction of sp³-hybridized carbons (Fsp3) is 0.381. The lowest BCUT2D eigenvalue weighted by atomic mass is 9.70. The average molecular weight is 286 g/mol. The lowest BCUT2D eigenvalue weighted by molar-refractivity contribution is 0.112. The number of allylic oxidation sites excluding steroid dienone is 2. The van der Waals surface area contributed by atoms with Gasteiger partial charge in [0.15, 0.2) is 0 Å². The van der Waals surface area contributed by atoms with Gasteiger partial charge in [0.25, 0.3) is 0 Å². The topological polar surface area (TPSA) is 17.1 Å². The van der Waals surface area contributed by atoms with E-state index >= 15 is 0 Å². The summed E-state index contributed by atoms with van der Waals surface area (Å²) in [5.41, 5.74) is 4.04. The van der Waals surface area contributed by atoms with E-state index in [0.717, 1.165) is 47.4 Å². The molecule has 2 saturated carbocycles. The molecule has 2 aromatic rings. The van der Waals surface area contributed by atoms with Crippen LogP contribution in [0, 0.1) is 23.7 Å². The third-order valence-electron chi connectivity index (χ3n) is 7.05. The summed E-state index contributed by atoms with van der Waals surface area (Å²) in [7, 11) is 0. The van der Waals surface area contributed by atoms with Gasteiger partial charge in [-0.1, -0.05) is 36.4 Å². The molecule has 0 amide bonds. The summed E-state index contributed by atoms with van der Waals surface area (Å²) in [4.78, 5) is 11.0. The van der Waals surface area contributed by atoms with E-state index in [1.54, 1.807) is 11.1 Å². The van der Waals surface area contributed by atoms with E-state index in [-0.39, 0.29) is 0 Å². The molecular formula is C21H18O. The summed E-state index contributed by atoms with van der Waals surface area (Å²) < 4.78 is 0. The molecule has 4 bridgehead atoms. The van der Waals surface area contributed by atoms with E-state index in [2.05, 4.69) is 30.4 Å². The zero-order valence-corrected chi connectivity index (χ0v) is 12.4. The zero-order valence-electron chi connectivity index (χ0n) is 12.4. The van der Waals surface area contributed by atoms with Gasteiger partial charge >= 0.3 is 0 Å². The molecule has 1 heteroatoms. The Morgan fingerprint density at radius 3 is 2.55 bits per heavy atom. The summed E-state index contributed by atoms with van der Waals surface area (Å²) in [6, 6.07) is 10.8. The van der Waals surface area contributed by atoms with Crippen molar-refractivity contribution in [3.8, 4) is 0 Å². The van der Waals surface area contributed by atoms with Crippen molar-refractivity contribution in [1.82, 2.24) is 0 Å². The van der Waals surface area contributed by atoms with Crippen molar-refractivity contribution in [3.05, 3.63) is 59.2 Å². The molecule has 0 saturated heterocycles. The number of carbonyl (C=O) groups excluding carboxylic acids is 1. The Bertz CT molecular complexity index is 862. The van der Waals surface area contributed by atoms with Crippen LogP contribution in [-0.4, -0.2) is 6.29 Å². The smallest absolute Gasteiger partial charge is 0.150 e. The van der Waals surface area contributed by atoms with Crippen LogP contribution in [0.15, 0.2) is 42.5 Å². The number of carbonyl (C=O) groups is 1. The summed E-state index contributed by atoms with van der Waals surface area (Å²) in [5.74, 6) is 5.05. The molecule has 22 heavy (non-hydrogen) atoms. The van der Waals surface area contributed by atoms with Crippen molar-refractivity contribution in [2.45, 2.75) is 24.7 Å². The Labute approximate surface area is 130 Å². The first-order valence-corrected chi connectivity index (χ1v) is 8.55. The molecule has 6 rings (SSSR count).